The number of rotatable bonds is 3. The van der Waals surface area contributed by atoms with Crippen LogP contribution in [0.1, 0.15) is 36.2 Å². The molecule has 2 aromatic rings. The summed E-state index contributed by atoms with van der Waals surface area (Å²) in [5, 5.41) is 5.52. The molecule has 114 valence electrons. The van der Waals surface area contributed by atoms with Crippen LogP contribution in [0.3, 0.4) is 0 Å². The van der Waals surface area contributed by atoms with Gasteiger partial charge in [-0.3, -0.25) is 14.6 Å². The van der Waals surface area contributed by atoms with Crippen molar-refractivity contribution in [2.45, 2.75) is 31.2 Å². The van der Waals surface area contributed by atoms with Gasteiger partial charge in [0.1, 0.15) is 11.2 Å². The van der Waals surface area contributed by atoms with Crippen LogP contribution >= 0.6 is 0 Å². The Morgan fingerprint density at radius 3 is 2.50 bits per heavy atom. The molecule has 2 N–H and O–H groups in total. The van der Waals surface area contributed by atoms with Crippen molar-refractivity contribution in [2.24, 2.45) is 0 Å². The quantitative estimate of drug-likeness (QED) is 0.897. The van der Waals surface area contributed by atoms with Crippen LogP contribution in [0.15, 0.2) is 30.5 Å². The zero-order valence-electron chi connectivity index (χ0n) is 12.4. The summed E-state index contributed by atoms with van der Waals surface area (Å²) in [6, 6.07) is 7.37. The Morgan fingerprint density at radius 1 is 1.14 bits per heavy atom. The molecule has 22 heavy (non-hydrogen) atoms. The number of carbonyl (C=O) groups is 2. The van der Waals surface area contributed by atoms with Crippen molar-refractivity contribution in [3.05, 3.63) is 36.2 Å². The summed E-state index contributed by atoms with van der Waals surface area (Å²) in [4.78, 5) is 33.2. The van der Waals surface area contributed by atoms with E-state index in [1.165, 1.54) is 6.20 Å². The lowest BCUT2D eigenvalue weighted by molar-refractivity contribution is -0.126. The third-order valence-corrected chi connectivity index (χ3v) is 4.15. The molecule has 1 heterocycles. The molecule has 1 saturated carbocycles. The predicted octanol–water partition coefficient (Wildman–Crippen LogP) is 1.42. The highest BCUT2D eigenvalue weighted by Gasteiger charge is 2.42. The van der Waals surface area contributed by atoms with Crippen molar-refractivity contribution in [2.75, 3.05) is 7.05 Å². The second kappa shape index (κ2) is 5.71. The molecule has 2 amide bonds. The Balaban J connectivity index is 1.87. The average molecular weight is 298 g/mol. The van der Waals surface area contributed by atoms with Gasteiger partial charge in [0.15, 0.2) is 0 Å². The van der Waals surface area contributed by atoms with E-state index in [0.29, 0.717) is 18.4 Å². The molecule has 0 radical (unpaired) electrons. The molecule has 6 nitrogen and oxygen atoms in total. The number of amides is 2. The largest absolute Gasteiger partial charge is 0.357 e. The maximum atomic E-state index is 12.5. The summed E-state index contributed by atoms with van der Waals surface area (Å²) in [6.07, 6.45) is 4.61. The maximum absolute atomic E-state index is 12.5. The Hall–Kier alpha value is -2.50. The normalized spacial score (nSPS) is 16.4. The second-order valence-electron chi connectivity index (χ2n) is 5.57. The standard InChI is InChI=1S/C16H18N4O2/c1-17-15(22)16(8-4-5-9-16)20-14(21)13-10-18-11-6-2-3-7-12(11)19-13/h2-3,6-7,10H,4-5,8-9H2,1H3,(H,17,22)(H,20,21). The van der Waals surface area contributed by atoms with E-state index in [-0.39, 0.29) is 17.5 Å². The number of aromatic nitrogens is 2. The van der Waals surface area contributed by atoms with Gasteiger partial charge in [-0.15, -0.1) is 0 Å². The van der Waals surface area contributed by atoms with Crippen LogP contribution in [-0.4, -0.2) is 34.4 Å². The predicted molar refractivity (Wildman–Crippen MR) is 82.3 cm³/mol. The van der Waals surface area contributed by atoms with Crippen LogP contribution in [0.25, 0.3) is 11.0 Å². The lowest BCUT2D eigenvalue weighted by atomic mass is 9.96. The molecule has 0 spiro atoms. The van der Waals surface area contributed by atoms with E-state index in [4.69, 9.17) is 0 Å². The molecule has 1 aromatic carbocycles. The smallest absolute Gasteiger partial charge is 0.272 e. The van der Waals surface area contributed by atoms with Gasteiger partial charge in [-0.1, -0.05) is 25.0 Å². The third-order valence-electron chi connectivity index (χ3n) is 4.15. The second-order valence-corrected chi connectivity index (χ2v) is 5.57. The molecule has 1 aromatic heterocycles. The molecule has 0 saturated heterocycles. The van der Waals surface area contributed by atoms with Gasteiger partial charge in [0.2, 0.25) is 5.91 Å². The number of nitrogens with zero attached hydrogens (tertiary/aromatic N) is 2. The fourth-order valence-corrected chi connectivity index (χ4v) is 2.97. The van der Waals surface area contributed by atoms with Gasteiger partial charge in [-0.25, -0.2) is 4.98 Å². The van der Waals surface area contributed by atoms with Crippen LogP contribution in [0.4, 0.5) is 0 Å². The Morgan fingerprint density at radius 2 is 1.82 bits per heavy atom. The topological polar surface area (TPSA) is 84.0 Å². The first-order valence-corrected chi connectivity index (χ1v) is 7.41. The summed E-state index contributed by atoms with van der Waals surface area (Å²) >= 11 is 0. The van der Waals surface area contributed by atoms with E-state index in [1.807, 2.05) is 24.3 Å². The van der Waals surface area contributed by atoms with Crippen molar-refractivity contribution in [3.8, 4) is 0 Å². The molecule has 0 aliphatic heterocycles. The summed E-state index contributed by atoms with van der Waals surface area (Å²) in [5.41, 5.74) is 0.810. The summed E-state index contributed by atoms with van der Waals surface area (Å²) in [5.74, 6) is -0.504. The molecule has 3 rings (SSSR count). The SMILES string of the molecule is CNC(=O)C1(NC(=O)c2cnc3ccccc3n2)CCCC1. The van der Waals surface area contributed by atoms with Crippen molar-refractivity contribution < 1.29 is 9.59 Å². The molecule has 0 unspecified atom stereocenters. The van der Waals surface area contributed by atoms with E-state index >= 15 is 0 Å². The number of likely N-dealkylation sites (N-methyl/N-ethyl adjacent to an activating group) is 1. The number of para-hydroxylation sites is 2. The highest BCUT2D eigenvalue weighted by atomic mass is 16.2. The molecule has 1 fully saturated rings. The highest BCUT2D eigenvalue weighted by molar-refractivity contribution is 5.98. The number of benzene rings is 1. The van der Waals surface area contributed by atoms with Gasteiger partial charge in [0, 0.05) is 7.05 Å². The van der Waals surface area contributed by atoms with E-state index in [1.54, 1.807) is 7.05 Å². The minimum absolute atomic E-state index is 0.146. The monoisotopic (exact) mass is 298 g/mol. The van der Waals surface area contributed by atoms with E-state index in [9.17, 15) is 9.59 Å². The first-order chi connectivity index (χ1) is 10.6. The molecule has 1 aliphatic rings. The zero-order chi connectivity index (χ0) is 15.6. The Bertz CT molecular complexity index is 723. The fourth-order valence-electron chi connectivity index (χ4n) is 2.97. The Kier molecular flexibility index (Phi) is 3.75. The van der Waals surface area contributed by atoms with Crippen molar-refractivity contribution >= 4 is 22.8 Å². The summed E-state index contributed by atoms with van der Waals surface area (Å²) in [7, 11) is 1.59. The minimum atomic E-state index is -0.820. The Labute approximate surface area is 128 Å². The molecule has 1 aliphatic carbocycles. The summed E-state index contributed by atoms with van der Waals surface area (Å²) in [6.45, 7) is 0. The van der Waals surface area contributed by atoms with Gasteiger partial charge in [0.25, 0.3) is 5.91 Å². The van der Waals surface area contributed by atoms with Gasteiger partial charge in [-0.2, -0.15) is 0 Å². The lowest BCUT2D eigenvalue weighted by Gasteiger charge is -2.28. The first kappa shape index (κ1) is 14.4. The van der Waals surface area contributed by atoms with E-state index in [0.717, 1.165) is 18.4 Å². The molecule has 0 bridgehead atoms. The number of nitrogens with one attached hydrogen (secondary N) is 2. The minimum Gasteiger partial charge on any atom is -0.357 e. The van der Waals surface area contributed by atoms with Gasteiger partial charge >= 0.3 is 0 Å². The molecular formula is C16H18N4O2. The van der Waals surface area contributed by atoms with E-state index in [2.05, 4.69) is 20.6 Å². The third kappa shape index (κ3) is 2.52. The van der Waals surface area contributed by atoms with Gasteiger partial charge < -0.3 is 10.6 Å². The van der Waals surface area contributed by atoms with Gasteiger partial charge in [-0.05, 0) is 25.0 Å². The number of hydrogen-bond acceptors (Lipinski definition) is 4. The first-order valence-electron chi connectivity index (χ1n) is 7.41. The molecular weight excluding hydrogens is 280 g/mol. The van der Waals surface area contributed by atoms with Crippen LogP contribution in [-0.2, 0) is 4.79 Å². The average Bonchev–Trinajstić information content (AvgIpc) is 3.03. The van der Waals surface area contributed by atoms with Crippen molar-refractivity contribution in [3.63, 3.8) is 0 Å². The number of fused-ring (bicyclic) bond motifs is 1. The molecule has 0 atom stereocenters. The number of hydrogen-bond donors (Lipinski definition) is 2. The van der Waals surface area contributed by atoms with Crippen molar-refractivity contribution in [1.82, 2.24) is 20.6 Å². The van der Waals surface area contributed by atoms with Crippen LogP contribution < -0.4 is 10.6 Å². The van der Waals surface area contributed by atoms with E-state index < -0.39 is 5.54 Å². The fraction of sp³-hybridized carbons (Fsp3) is 0.375. The van der Waals surface area contributed by atoms with Gasteiger partial charge in [0.05, 0.1) is 17.2 Å². The number of carbonyl (C=O) groups excluding carboxylic acids is 2. The van der Waals surface area contributed by atoms with Crippen molar-refractivity contribution in [1.29, 1.82) is 0 Å². The lowest BCUT2D eigenvalue weighted by Crippen LogP contribution is -2.56. The van der Waals surface area contributed by atoms with Crippen LogP contribution in [0.5, 0.6) is 0 Å². The van der Waals surface area contributed by atoms with Crippen LogP contribution in [0.2, 0.25) is 0 Å². The maximum Gasteiger partial charge on any atom is 0.272 e. The highest BCUT2D eigenvalue weighted by Crippen LogP contribution is 2.30. The summed E-state index contributed by atoms with van der Waals surface area (Å²) < 4.78 is 0. The zero-order valence-corrected chi connectivity index (χ0v) is 12.4. The van der Waals surface area contributed by atoms with Crippen LogP contribution in [0, 0.1) is 0 Å². The molecule has 6 heteroatoms.